The molecule has 2 nitrogen and oxygen atoms in total. The number of rotatable bonds is 3. The van der Waals surface area contributed by atoms with Crippen LogP contribution in [0.2, 0.25) is 0 Å². The summed E-state index contributed by atoms with van der Waals surface area (Å²) in [5, 5.41) is 0. The number of anilines is 1. The Hall–Kier alpha value is -1.57. The van der Waals surface area contributed by atoms with Crippen LogP contribution >= 0.6 is 0 Å². The Morgan fingerprint density at radius 3 is 2.19 bits per heavy atom. The van der Waals surface area contributed by atoms with E-state index in [0.29, 0.717) is 24.5 Å². The summed E-state index contributed by atoms with van der Waals surface area (Å²) in [6, 6.07) is 9.07. The van der Waals surface area contributed by atoms with E-state index >= 15 is 0 Å². The maximum atomic E-state index is 11.5. The van der Waals surface area contributed by atoms with Crippen molar-refractivity contribution in [3.63, 3.8) is 0 Å². The first-order valence-electron chi connectivity index (χ1n) is 10.7. The van der Waals surface area contributed by atoms with E-state index < -0.39 is 0 Å². The zero-order valence-corrected chi connectivity index (χ0v) is 16.7. The molecule has 3 fully saturated rings. The molecule has 1 aliphatic heterocycles. The lowest BCUT2D eigenvalue weighted by atomic mass is 9.76. The van der Waals surface area contributed by atoms with Gasteiger partial charge in [0, 0.05) is 37.5 Å². The maximum Gasteiger partial charge on any atom is 0.136 e. The third-order valence-corrected chi connectivity index (χ3v) is 6.52. The number of allylic oxidation sites excluding steroid dienone is 1. The molecule has 1 aromatic carbocycles. The van der Waals surface area contributed by atoms with Gasteiger partial charge in [0.15, 0.2) is 0 Å². The van der Waals surface area contributed by atoms with Crippen molar-refractivity contribution in [2.45, 2.75) is 71.1 Å². The molecule has 0 spiro atoms. The quantitative estimate of drug-likeness (QED) is 0.610. The monoisotopic (exact) mass is 353 g/mol. The number of ketones is 1. The minimum absolute atomic E-state index is 0.349. The van der Waals surface area contributed by atoms with E-state index in [-0.39, 0.29) is 0 Å². The van der Waals surface area contributed by atoms with Crippen LogP contribution in [0.3, 0.4) is 0 Å². The molecule has 1 atom stereocenters. The fourth-order valence-electron chi connectivity index (χ4n) is 4.92. The predicted molar refractivity (Wildman–Crippen MR) is 111 cm³/mol. The molecule has 1 heterocycles. The van der Waals surface area contributed by atoms with Crippen LogP contribution in [-0.4, -0.2) is 18.9 Å². The lowest BCUT2D eigenvalue weighted by molar-refractivity contribution is -0.119. The van der Waals surface area contributed by atoms with Gasteiger partial charge < -0.3 is 4.90 Å². The van der Waals surface area contributed by atoms with E-state index in [1.807, 2.05) is 13.8 Å². The lowest BCUT2D eigenvalue weighted by Crippen LogP contribution is -2.50. The Morgan fingerprint density at radius 2 is 1.58 bits per heavy atom. The highest BCUT2D eigenvalue weighted by Crippen LogP contribution is 2.39. The molecule has 3 aliphatic rings. The topological polar surface area (TPSA) is 20.3 Å². The van der Waals surface area contributed by atoms with Crippen LogP contribution < -0.4 is 4.90 Å². The van der Waals surface area contributed by atoms with Gasteiger partial charge in [-0.25, -0.2) is 0 Å². The second kappa shape index (κ2) is 8.88. The molecule has 1 saturated heterocycles. The summed E-state index contributed by atoms with van der Waals surface area (Å²) >= 11 is 0. The minimum atomic E-state index is 0.349. The number of carbonyl (C=O) groups is 1. The van der Waals surface area contributed by atoms with Crippen LogP contribution in [0.5, 0.6) is 0 Å². The smallest absolute Gasteiger partial charge is 0.136 e. The lowest BCUT2D eigenvalue weighted by Gasteiger charge is -2.46. The number of nitrogens with zero attached hydrogens (tertiary/aromatic N) is 1. The van der Waals surface area contributed by atoms with Gasteiger partial charge in [0.05, 0.1) is 0 Å². The number of benzene rings is 1. The predicted octanol–water partition coefficient (Wildman–Crippen LogP) is 6.12. The highest BCUT2D eigenvalue weighted by atomic mass is 16.1. The second-order valence-electron chi connectivity index (χ2n) is 8.12. The van der Waals surface area contributed by atoms with Gasteiger partial charge >= 0.3 is 0 Å². The number of carbonyl (C=O) groups excluding carboxylic acids is 1. The van der Waals surface area contributed by atoms with Crippen molar-refractivity contribution in [2.24, 2.45) is 11.8 Å². The standard InChI is InChI=1S/C22H29NO.C2H6/c1-16-13-21(24)11-12-22(16)18-7-9-20(10-8-18)23-14-19(15-23)17-5-3-2-4-6-17;1-2/h7-10,17,19,22H,1-6,11-15H2;1-2H3. The molecule has 0 aromatic heterocycles. The minimum Gasteiger partial charge on any atom is -0.371 e. The fourth-order valence-corrected chi connectivity index (χ4v) is 4.92. The molecule has 2 heteroatoms. The van der Waals surface area contributed by atoms with Crippen molar-refractivity contribution < 1.29 is 4.79 Å². The molecule has 2 saturated carbocycles. The molecule has 26 heavy (non-hydrogen) atoms. The average molecular weight is 354 g/mol. The summed E-state index contributed by atoms with van der Waals surface area (Å²) in [5.41, 5.74) is 3.80. The van der Waals surface area contributed by atoms with Crippen molar-refractivity contribution in [3.05, 3.63) is 42.0 Å². The summed E-state index contributed by atoms with van der Waals surface area (Å²) in [4.78, 5) is 14.1. The summed E-state index contributed by atoms with van der Waals surface area (Å²) in [6.45, 7) is 10.6. The van der Waals surface area contributed by atoms with Crippen LogP contribution in [0.4, 0.5) is 5.69 Å². The zero-order valence-electron chi connectivity index (χ0n) is 16.7. The largest absolute Gasteiger partial charge is 0.371 e. The molecule has 0 bridgehead atoms. The zero-order chi connectivity index (χ0) is 18.5. The van der Waals surface area contributed by atoms with E-state index in [4.69, 9.17) is 0 Å². The second-order valence-corrected chi connectivity index (χ2v) is 8.12. The summed E-state index contributed by atoms with van der Waals surface area (Å²) < 4.78 is 0. The molecule has 1 unspecified atom stereocenters. The molecule has 4 rings (SSSR count). The van der Waals surface area contributed by atoms with Crippen molar-refractivity contribution in [3.8, 4) is 0 Å². The Morgan fingerprint density at radius 1 is 0.923 bits per heavy atom. The molecule has 1 aromatic rings. The number of Topliss-reactive ketones (excluding diaryl/α,β-unsaturated/α-hetero) is 1. The van der Waals surface area contributed by atoms with Gasteiger partial charge in [-0.1, -0.05) is 70.2 Å². The highest BCUT2D eigenvalue weighted by Gasteiger charge is 2.34. The molecular formula is C24H35NO. The first-order chi connectivity index (χ1) is 12.7. The molecule has 142 valence electrons. The first kappa shape index (κ1) is 19.2. The first-order valence-corrected chi connectivity index (χ1v) is 10.7. The van der Waals surface area contributed by atoms with Gasteiger partial charge in [-0.3, -0.25) is 4.79 Å². The third-order valence-electron chi connectivity index (χ3n) is 6.52. The molecular weight excluding hydrogens is 318 g/mol. The Bertz CT molecular complexity index is 606. The van der Waals surface area contributed by atoms with Crippen molar-refractivity contribution >= 4 is 11.5 Å². The van der Waals surface area contributed by atoms with E-state index in [9.17, 15) is 4.79 Å². The summed E-state index contributed by atoms with van der Waals surface area (Å²) in [5.74, 6) is 2.64. The highest BCUT2D eigenvalue weighted by molar-refractivity contribution is 5.82. The van der Waals surface area contributed by atoms with E-state index in [1.165, 1.54) is 56.4 Å². The SMILES string of the molecule is C=C1CC(=O)CCC1c1ccc(N2CC(C3CCCCC3)C2)cc1.CC. The summed E-state index contributed by atoms with van der Waals surface area (Å²) in [7, 11) is 0. The van der Waals surface area contributed by atoms with Gasteiger partial charge in [0.1, 0.15) is 5.78 Å². The van der Waals surface area contributed by atoms with Crippen LogP contribution in [0, 0.1) is 11.8 Å². The molecule has 0 N–H and O–H groups in total. The van der Waals surface area contributed by atoms with Gasteiger partial charge in [0.25, 0.3) is 0 Å². The van der Waals surface area contributed by atoms with E-state index in [0.717, 1.165) is 23.8 Å². The van der Waals surface area contributed by atoms with Crippen LogP contribution in [-0.2, 0) is 4.79 Å². The van der Waals surface area contributed by atoms with Gasteiger partial charge in [-0.2, -0.15) is 0 Å². The van der Waals surface area contributed by atoms with Gasteiger partial charge in [-0.15, -0.1) is 0 Å². The normalized spacial score (nSPS) is 24.7. The number of hydrogen-bond donors (Lipinski definition) is 0. The van der Waals surface area contributed by atoms with Crippen LogP contribution in [0.1, 0.15) is 76.7 Å². The van der Waals surface area contributed by atoms with Gasteiger partial charge in [0.2, 0.25) is 0 Å². The molecule has 0 amide bonds. The Labute approximate surface area is 159 Å². The third kappa shape index (κ3) is 4.22. The average Bonchev–Trinajstić information content (AvgIpc) is 2.64. The number of hydrogen-bond acceptors (Lipinski definition) is 2. The van der Waals surface area contributed by atoms with Gasteiger partial charge in [-0.05, 0) is 36.0 Å². The van der Waals surface area contributed by atoms with Crippen LogP contribution in [0.25, 0.3) is 0 Å². The summed E-state index contributed by atoms with van der Waals surface area (Å²) in [6.07, 6.45) is 9.48. The van der Waals surface area contributed by atoms with Crippen molar-refractivity contribution in [2.75, 3.05) is 18.0 Å². The fraction of sp³-hybridized carbons (Fsp3) is 0.625. The Kier molecular flexibility index (Phi) is 6.56. The maximum absolute atomic E-state index is 11.5. The molecule has 0 radical (unpaired) electrons. The van der Waals surface area contributed by atoms with E-state index in [1.54, 1.807) is 0 Å². The molecule has 2 aliphatic carbocycles. The van der Waals surface area contributed by atoms with Crippen LogP contribution in [0.15, 0.2) is 36.4 Å². The van der Waals surface area contributed by atoms with E-state index in [2.05, 4.69) is 35.7 Å². The van der Waals surface area contributed by atoms with Crippen molar-refractivity contribution in [1.82, 2.24) is 0 Å². The Balaban J connectivity index is 0.000000948. The van der Waals surface area contributed by atoms with Crippen molar-refractivity contribution in [1.29, 1.82) is 0 Å².